The quantitative estimate of drug-likeness (QED) is 0.562. The van der Waals surface area contributed by atoms with E-state index in [-0.39, 0.29) is 5.78 Å². The molecule has 2 aliphatic heterocycles. The molecule has 2 N–H and O–H groups in total. The van der Waals surface area contributed by atoms with E-state index >= 15 is 0 Å². The molecule has 0 radical (unpaired) electrons. The number of hydrogen-bond donors (Lipinski definition) is 1. The van der Waals surface area contributed by atoms with Gasteiger partial charge in [-0.2, -0.15) is 0 Å². The number of primary amides is 1. The Bertz CT molecular complexity index is 1240. The van der Waals surface area contributed by atoms with E-state index in [9.17, 15) is 9.59 Å². The molecule has 5 heteroatoms. The summed E-state index contributed by atoms with van der Waals surface area (Å²) in [4.78, 5) is 26.5. The van der Waals surface area contributed by atoms with Crippen LogP contribution in [-0.4, -0.2) is 35.3 Å². The van der Waals surface area contributed by atoms with Crippen molar-refractivity contribution in [2.45, 2.75) is 31.4 Å². The summed E-state index contributed by atoms with van der Waals surface area (Å²) in [5, 5.41) is 0. The number of Topliss-reactive ketones (excluding diaryl/α,β-unsaturated/α-hetero) is 1. The number of ketones is 1. The number of hydrogen-bond acceptors (Lipinski definition) is 4. The number of ether oxygens (including phenoxy) is 1. The molecule has 0 aromatic heterocycles. The zero-order valence-corrected chi connectivity index (χ0v) is 19.1. The molecule has 1 spiro atoms. The molecule has 2 heterocycles. The minimum Gasteiger partial charge on any atom is -0.486 e. The van der Waals surface area contributed by atoms with Crippen molar-refractivity contribution in [3.8, 4) is 16.9 Å². The highest BCUT2D eigenvalue weighted by molar-refractivity contribution is 6.01. The third kappa shape index (κ3) is 4.66. The summed E-state index contributed by atoms with van der Waals surface area (Å²) in [7, 11) is 0. The number of fused-ring (bicyclic) bond motifs is 1. The molecule has 3 aromatic rings. The summed E-state index contributed by atoms with van der Waals surface area (Å²) in [6.45, 7) is 2.64. The molecule has 1 saturated heterocycles. The number of amides is 1. The average molecular weight is 453 g/mol. The highest BCUT2D eigenvalue weighted by atomic mass is 16.5. The Morgan fingerprint density at radius 1 is 0.971 bits per heavy atom. The second-order valence-electron chi connectivity index (χ2n) is 9.18. The number of likely N-dealkylation sites (tertiary alicyclic amines) is 1. The largest absolute Gasteiger partial charge is 0.486 e. The van der Waals surface area contributed by atoms with Gasteiger partial charge in [0.25, 0.3) is 0 Å². The van der Waals surface area contributed by atoms with Crippen molar-refractivity contribution in [2.75, 3.05) is 13.1 Å². The normalized spacial score (nSPS) is 17.5. The van der Waals surface area contributed by atoms with Crippen LogP contribution in [0.3, 0.4) is 0 Å². The van der Waals surface area contributed by atoms with E-state index in [0.717, 1.165) is 38.0 Å². The van der Waals surface area contributed by atoms with E-state index in [1.54, 1.807) is 12.1 Å². The fourth-order valence-corrected chi connectivity index (χ4v) is 4.99. The van der Waals surface area contributed by atoms with Crippen LogP contribution in [-0.2, 0) is 11.3 Å². The summed E-state index contributed by atoms with van der Waals surface area (Å²) in [5.41, 5.74) is 9.89. The van der Waals surface area contributed by atoms with Crippen LogP contribution in [0.2, 0.25) is 0 Å². The molecule has 1 fully saturated rings. The number of piperidine rings is 1. The average Bonchev–Trinajstić information content (AvgIpc) is 2.85. The SMILES string of the molecule is NC(=O)/C=C/c1ccc2c(c1)C(=O)CC1(CCN(Cc3ccccc3-c3ccccc3)CC1)O2. The Labute approximate surface area is 199 Å². The van der Waals surface area contributed by atoms with E-state index in [2.05, 4.69) is 53.4 Å². The van der Waals surface area contributed by atoms with Gasteiger partial charge in [0.2, 0.25) is 5.91 Å². The molecule has 172 valence electrons. The molecule has 0 atom stereocenters. The molecule has 1 amide bonds. The Morgan fingerprint density at radius 2 is 1.71 bits per heavy atom. The lowest BCUT2D eigenvalue weighted by Gasteiger charge is -2.44. The van der Waals surface area contributed by atoms with Crippen LogP contribution in [0.4, 0.5) is 0 Å². The van der Waals surface area contributed by atoms with Gasteiger partial charge in [-0.05, 0) is 40.5 Å². The van der Waals surface area contributed by atoms with Gasteiger partial charge < -0.3 is 10.5 Å². The molecule has 0 unspecified atom stereocenters. The standard InChI is InChI=1S/C29H28N2O3/c30-28(33)13-11-21-10-12-27-25(18-21)26(32)19-29(34-27)14-16-31(17-15-29)20-23-8-4-5-9-24(23)22-6-2-1-3-7-22/h1-13,18H,14-17,19-20H2,(H2,30,33)/b13-11+. The van der Waals surface area contributed by atoms with Gasteiger partial charge in [0.15, 0.2) is 5.78 Å². The van der Waals surface area contributed by atoms with Crippen molar-refractivity contribution < 1.29 is 14.3 Å². The molecule has 0 aliphatic carbocycles. The minimum absolute atomic E-state index is 0.0958. The predicted molar refractivity (Wildman–Crippen MR) is 133 cm³/mol. The molecule has 5 rings (SSSR count). The van der Waals surface area contributed by atoms with Crippen LogP contribution in [0.25, 0.3) is 17.2 Å². The zero-order valence-electron chi connectivity index (χ0n) is 19.1. The van der Waals surface area contributed by atoms with Gasteiger partial charge in [-0.15, -0.1) is 0 Å². The lowest BCUT2D eigenvalue weighted by Crippen LogP contribution is -2.50. The second kappa shape index (κ2) is 9.27. The Kier molecular flexibility index (Phi) is 6.03. The summed E-state index contributed by atoms with van der Waals surface area (Å²) in [5.74, 6) is 0.214. The molecular weight excluding hydrogens is 424 g/mol. The number of rotatable bonds is 5. The van der Waals surface area contributed by atoms with E-state index in [1.165, 1.54) is 22.8 Å². The molecule has 0 bridgehead atoms. The number of carbonyl (C=O) groups excluding carboxylic acids is 2. The highest BCUT2D eigenvalue weighted by Gasteiger charge is 2.42. The maximum absolute atomic E-state index is 13.0. The van der Waals surface area contributed by atoms with E-state index in [1.807, 2.05) is 18.2 Å². The predicted octanol–water partition coefficient (Wildman–Crippen LogP) is 4.85. The van der Waals surface area contributed by atoms with Gasteiger partial charge in [0.1, 0.15) is 11.4 Å². The topological polar surface area (TPSA) is 72.6 Å². The summed E-state index contributed by atoms with van der Waals surface area (Å²) in [6, 6.07) is 24.5. The van der Waals surface area contributed by atoms with Crippen molar-refractivity contribution >= 4 is 17.8 Å². The lowest BCUT2D eigenvalue weighted by atomic mass is 9.82. The molecule has 34 heavy (non-hydrogen) atoms. The van der Waals surface area contributed by atoms with Gasteiger partial charge in [0.05, 0.1) is 12.0 Å². The van der Waals surface area contributed by atoms with Crippen molar-refractivity contribution in [3.63, 3.8) is 0 Å². The Morgan fingerprint density at radius 3 is 2.47 bits per heavy atom. The second-order valence-corrected chi connectivity index (χ2v) is 9.18. The van der Waals surface area contributed by atoms with E-state index in [0.29, 0.717) is 17.7 Å². The molecule has 2 aliphatic rings. The first-order valence-corrected chi connectivity index (χ1v) is 11.7. The number of nitrogens with zero attached hydrogens (tertiary/aromatic N) is 1. The monoisotopic (exact) mass is 452 g/mol. The van der Waals surface area contributed by atoms with E-state index in [4.69, 9.17) is 10.5 Å². The fraction of sp³-hybridized carbons (Fsp3) is 0.241. The van der Waals surface area contributed by atoms with Gasteiger partial charge in [0, 0.05) is 38.6 Å². The Balaban J connectivity index is 1.27. The third-order valence-electron chi connectivity index (χ3n) is 6.82. The summed E-state index contributed by atoms with van der Waals surface area (Å²) < 4.78 is 6.44. The fourth-order valence-electron chi connectivity index (χ4n) is 4.99. The van der Waals surface area contributed by atoms with Gasteiger partial charge >= 0.3 is 0 Å². The smallest absolute Gasteiger partial charge is 0.241 e. The molecule has 3 aromatic carbocycles. The van der Waals surface area contributed by atoms with Crippen molar-refractivity contribution in [2.24, 2.45) is 5.73 Å². The van der Waals surface area contributed by atoms with Crippen LogP contribution in [0.5, 0.6) is 5.75 Å². The van der Waals surface area contributed by atoms with Crippen LogP contribution >= 0.6 is 0 Å². The van der Waals surface area contributed by atoms with Crippen LogP contribution in [0.15, 0.2) is 78.9 Å². The number of carbonyl (C=O) groups is 2. The number of nitrogens with two attached hydrogens (primary N) is 1. The first kappa shape index (κ1) is 22.1. The van der Waals surface area contributed by atoms with Crippen molar-refractivity contribution in [3.05, 3.63) is 95.6 Å². The number of benzene rings is 3. The van der Waals surface area contributed by atoms with Gasteiger partial charge in [-0.3, -0.25) is 14.5 Å². The maximum Gasteiger partial charge on any atom is 0.241 e. The first-order chi connectivity index (χ1) is 16.5. The van der Waals surface area contributed by atoms with Crippen LogP contribution in [0.1, 0.15) is 40.7 Å². The summed E-state index contributed by atoms with van der Waals surface area (Å²) >= 11 is 0. The van der Waals surface area contributed by atoms with Crippen molar-refractivity contribution in [1.82, 2.24) is 4.90 Å². The third-order valence-corrected chi connectivity index (χ3v) is 6.82. The van der Waals surface area contributed by atoms with Gasteiger partial charge in [-0.25, -0.2) is 0 Å². The van der Waals surface area contributed by atoms with Crippen LogP contribution in [0, 0.1) is 0 Å². The van der Waals surface area contributed by atoms with Crippen molar-refractivity contribution in [1.29, 1.82) is 0 Å². The molecule has 5 nitrogen and oxygen atoms in total. The van der Waals surface area contributed by atoms with E-state index < -0.39 is 11.5 Å². The first-order valence-electron chi connectivity index (χ1n) is 11.7. The molecule has 0 saturated carbocycles. The summed E-state index contributed by atoms with van der Waals surface area (Å²) in [6.07, 6.45) is 4.93. The maximum atomic E-state index is 13.0. The minimum atomic E-state index is -0.516. The van der Waals surface area contributed by atoms with Gasteiger partial charge in [-0.1, -0.05) is 60.7 Å². The molecular formula is C29H28N2O3. The zero-order chi connectivity index (χ0) is 23.5. The highest BCUT2D eigenvalue weighted by Crippen LogP contribution is 2.40. The lowest BCUT2D eigenvalue weighted by molar-refractivity contribution is -0.113. The van der Waals surface area contributed by atoms with Crippen LogP contribution < -0.4 is 10.5 Å². The Hall–Kier alpha value is -3.70.